The molecule has 88 valence electrons. The van der Waals surface area contributed by atoms with Crippen LogP contribution < -0.4 is 5.32 Å². The lowest BCUT2D eigenvalue weighted by Gasteiger charge is -2.22. The third-order valence-electron chi connectivity index (χ3n) is 3.00. The van der Waals surface area contributed by atoms with E-state index in [2.05, 4.69) is 28.5 Å². The summed E-state index contributed by atoms with van der Waals surface area (Å²) >= 11 is 0. The Morgan fingerprint density at radius 2 is 2.38 bits per heavy atom. The van der Waals surface area contributed by atoms with Crippen molar-refractivity contribution in [2.24, 2.45) is 0 Å². The normalized spacial score (nSPS) is 19.2. The molecule has 1 aliphatic carbocycles. The highest BCUT2D eigenvalue weighted by Gasteiger charge is 2.19. The maximum absolute atomic E-state index is 5.40. The molecule has 1 atom stereocenters. The number of methoxy groups -OCH3 is 1. The first-order chi connectivity index (χ1) is 7.83. The van der Waals surface area contributed by atoms with Crippen molar-refractivity contribution in [2.45, 2.75) is 38.7 Å². The second kappa shape index (κ2) is 5.25. The second-order valence-corrected chi connectivity index (χ2v) is 4.23. The monoisotopic (exact) mass is 221 g/mol. The molecule has 0 saturated heterocycles. The van der Waals surface area contributed by atoms with Crippen molar-refractivity contribution in [2.75, 3.05) is 19.0 Å². The van der Waals surface area contributed by atoms with E-state index in [9.17, 15) is 0 Å². The van der Waals surface area contributed by atoms with Gasteiger partial charge in [0.2, 0.25) is 0 Å². The Hall–Kier alpha value is -1.16. The van der Waals surface area contributed by atoms with E-state index in [1.165, 1.54) is 5.56 Å². The first kappa shape index (κ1) is 11.3. The number of nitrogens with zero attached hydrogens (tertiary/aromatic N) is 2. The minimum Gasteiger partial charge on any atom is -0.381 e. The number of aromatic nitrogens is 2. The van der Waals surface area contributed by atoms with Gasteiger partial charge in [-0.1, -0.05) is 6.92 Å². The van der Waals surface area contributed by atoms with Crippen molar-refractivity contribution >= 4 is 5.82 Å². The van der Waals surface area contributed by atoms with Crippen LogP contribution in [-0.2, 0) is 17.6 Å². The number of aryl methyl sites for hydroxylation is 1. The van der Waals surface area contributed by atoms with E-state index in [-0.39, 0.29) is 0 Å². The summed E-state index contributed by atoms with van der Waals surface area (Å²) < 4.78 is 5.40. The number of hydrogen-bond donors (Lipinski definition) is 1. The number of ether oxygens (including phenoxy) is 1. The molecule has 4 nitrogen and oxygen atoms in total. The molecule has 0 amide bonds. The lowest BCUT2D eigenvalue weighted by Crippen LogP contribution is -2.22. The third kappa shape index (κ3) is 2.50. The fourth-order valence-electron chi connectivity index (χ4n) is 2.03. The van der Waals surface area contributed by atoms with Crippen LogP contribution in [0.3, 0.4) is 0 Å². The summed E-state index contributed by atoms with van der Waals surface area (Å²) in [6.45, 7) is 3.08. The summed E-state index contributed by atoms with van der Waals surface area (Å²) in [5.74, 6) is 0.886. The first-order valence-electron chi connectivity index (χ1n) is 5.95. The van der Waals surface area contributed by atoms with Gasteiger partial charge in [-0.05, 0) is 30.9 Å². The quantitative estimate of drug-likeness (QED) is 0.842. The summed E-state index contributed by atoms with van der Waals surface area (Å²) in [6, 6.07) is 2.11. The molecule has 1 aliphatic rings. The first-order valence-corrected chi connectivity index (χ1v) is 5.95. The molecule has 1 heterocycles. The van der Waals surface area contributed by atoms with Gasteiger partial charge in [0.25, 0.3) is 0 Å². The Labute approximate surface area is 96.4 Å². The van der Waals surface area contributed by atoms with Gasteiger partial charge in [0, 0.05) is 20.1 Å². The minimum atomic E-state index is 0.343. The number of anilines is 1. The molecular weight excluding hydrogens is 202 g/mol. The summed E-state index contributed by atoms with van der Waals surface area (Å²) in [4.78, 5) is 0. The van der Waals surface area contributed by atoms with Gasteiger partial charge in [-0.3, -0.25) is 0 Å². The van der Waals surface area contributed by atoms with Crippen molar-refractivity contribution in [3.05, 3.63) is 17.3 Å². The molecule has 0 saturated carbocycles. The van der Waals surface area contributed by atoms with Gasteiger partial charge in [-0.2, -0.15) is 5.10 Å². The van der Waals surface area contributed by atoms with Gasteiger partial charge < -0.3 is 10.1 Å². The second-order valence-electron chi connectivity index (χ2n) is 4.23. The zero-order valence-electron chi connectivity index (χ0n) is 9.99. The molecule has 0 aliphatic heterocycles. The number of hydrogen-bond acceptors (Lipinski definition) is 4. The van der Waals surface area contributed by atoms with Crippen molar-refractivity contribution < 1.29 is 4.74 Å². The standard InChI is InChI=1S/C12H19N3O/c1-3-6-13-12-8-9-7-10(16-2)4-5-11(9)14-15-12/h8,10H,3-7H2,1-2H3,(H,13,15). The highest BCUT2D eigenvalue weighted by Crippen LogP contribution is 2.22. The average Bonchev–Trinajstić information content (AvgIpc) is 2.35. The van der Waals surface area contributed by atoms with Crippen molar-refractivity contribution in [3.8, 4) is 0 Å². The van der Waals surface area contributed by atoms with Crippen LogP contribution in [-0.4, -0.2) is 30.0 Å². The fourth-order valence-corrected chi connectivity index (χ4v) is 2.03. The van der Waals surface area contributed by atoms with Crippen LogP contribution in [0.4, 0.5) is 5.82 Å². The molecule has 1 aromatic rings. The van der Waals surface area contributed by atoms with E-state index < -0.39 is 0 Å². The zero-order valence-corrected chi connectivity index (χ0v) is 9.99. The molecule has 1 aromatic heterocycles. The van der Waals surface area contributed by atoms with E-state index in [1.54, 1.807) is 7.11 Å². The Kier molecular flexibility index (Phi) is 3.72. The lowest BCUT2D eigenvalue weighted by atomic mass is 9.94. The Morgan fingerprint density at radius 1 is 1.50 bits per heavy atom. The molecule has 16 heavy (non-hydrogen) atoms. The van der Waals surface area contributed by atoms with E-state index in [4.69, 9.17) is 4.74 Å². The fraction of sp³-hybridized carbons (Fsp3) is 0.667. The molecule has 0 aromatic carbocycles. The molecule has 2 rings (SSSR count). The minimum absolute atomic E-state index is 0.343. The van der Waals surface area contributed by atoms with Gasteiger partial charge >= 0.3 is 0 Å². The Bertz CT molecular complexity index is 354. The third-order valence-corrected chi connectivity index (χ3v) is 3.00. The van der Waals surface area contributed by atoms with Crippen LogP contribution in [0.25, 0.3) is 0 Å². The lowest BCUT2D eigenvalue weighted by molar-refractivity contribution is 0.0904. The molecule has 0 fully saturated rings. The summed E-state index contributed by atoms with van der Waals surface area (Å²) in [6.07, 6.45) is 4.44. The van der Waals surface area contributed by atoms with Crippen molar-refractivity contribution in [1.82, 2.24) is 10.2 Å². The molecular formula is C12H19N3O. The number of nitrogens with one attached hydrogen (secondary N) is 1. The molecule has 0 spiro atoms. The van der Waals surface area contributed by atoms with Crippen LogP contribution >= 0.6 is 0 Å². The van der Waals surface area contributed by atoms with Crippen LogP contribution in [0.1, 0.15) is 31.0 Å². The zero-order chi connectivity index (χ0) is 11.4. The van der Waals surface area contributed by atoms with E-state index >= 15 is 0 Å². The van der Waals surface area contributed by atoms with Crippen LogP contribution in [0.15, 0.2) is 6.07 Å². The van der Waals surface area contributed by atoms with Gasteiger partial charge in [-0.25, -0.2) is 0 Å². The van der Waals surface area contributed by atoms with Crippen LogP contribution in [0.5, 0.6) is 0 Å². The van der Waals surface area contributed by atoms with Gasteiger partial charge in [0.1, 0.15) is 5.82 Å². The number of rotatable bonds is 4. The van der Waals surface area contributed by atoms with E-state index in [0.29, 0.717) is 6.10 Å². The van der Waals surface area contributed by atoms with Crippen LogP contribution in [0.2, 0.25) is 0 Å². The van der Waals surface area contributed by atoms with Crippen molar-refractivity contribution in [3.63, 3.8) is 0 Å². The van der Waals surface area contributed by atoms with Crippen molar-refractivity contribution in [1.29, 1.82) is 0 Å². The molecule has 1 N–H and O–H groups in total. The smallest absolute Gasteiger partial charge is 0.148 e. The Morgan fingerprint density at radius 3 is 3.12 bits per heavy atom. The molecule has 1 unspecified atom stereocenters. The van der Waals surface area contributed by atoms with Gasteiger partial charge in [0.15, 0.2) is 0 Å². The highest BCUT2D eigenvalue weighted by atomic mass is 16.5. The summed E-state index contributed by atoms with van der Waals surface area (Å²) in [5, 5.41) is 11.7. The van der Waals surface area contributed by atoms with E-state index in [1.807, 2.05) is 0 Å². The summed E-state index contributed by atoms with van der Waals surface area (Å²) in [5.41, 5.74) is 2.42. The SMILES string of the molecule is CCCNc1cc2c(nn1)CCC(OC)C2. The highest BCUT2D eigenvalue weighted by molar-refractivity contribution is 5.39. The average molecular weight is 221 g/mol. The largest absolute Gasteiger partial charge is 0.381 e. The number of fused-ring (bicyclic) bond motifs is 1. The van der Waals surface area contributed by atoms with E-state index in [0.717, 1.165) is 43.7 Å². The maximum atomic E-state index is 5.40. The van der Waals surface area contributed by atoms with Gasteiger partial charge in [-0.15, -0.1) is 5.10 Å². The molecule has 4 heteroatoms. The topological polar surface area (TPSA) is 47.0 Å². The molecule has 0 radical (unpaired) electrons. The predicted molar refractivity (Wildman–Crippen MR) is 63.6 cm³/mol. The summed E-state index contributed by atoms with van der Waals surface area (Å²) in [7, 11) is 1.78. The maximum Gasteiger partial charge on any atom is 0.148 e. The predicted octanol–water partition coefficient (Wildman–Crippen LogP) is 1.80. The molecule has 0 bridgehead atoms. The van der Waals surface area contributed by atoms with Crippen LogP contribution in [0, 0.1) is 0 Å². The Balaban J connectivity index is 2.11. The van der Waals surface area contributed by atoms with Gasteiger partial charge in [0.05, 0.1) is 11.8 Å².